The molecule has 1 aliphatic heterocycles. The fourth-order valence-corrected chi connectivity index (χ4v) is 2.62. The first kappa shape index (κ1) is 13.5. The summed E-state index contributed by atoms with van der Waals surface area (Å²) in [4.78, 5) is 16.4. The first-order valence-electron chi connectivity index (χ1n) is 6.08. The van der Waals surface area contributed by atoms with Crippen LogP contribution in [0.1, 0.15) is 17.3 Å². The second-order valence-electron chi connectivity index (χ2n) is 4.35. The van der Waals surface area contributed by atoms with E-state index in [0.717, 1.165) is 32.7 Å². The van der Waals surface area contributed by atoms with Crippen molar-refractivity contribution in [3.63, 3.8) is 0 Å². The molecule has 1 aromatic carbocycles. The lowest BCUT2D eigenvalue weighted by atomic mass is 10.2. The van der Waals surface area contributed by atoms with Crippen molar-refractivity contribution in [3.05, 3.63) is 34.1 Å². The zero-order valence-electron chi connectivity index (χ0n) is 10.3. The normalized spacial score (nSPS) is 16.9. The summed E-state index contributed by atoms with van der Waals surface area (Å²) in [6, 6.07) is 4.18. The van der Waals surface area contributed by atoms with Crippen LogP contribution in [0.2, 0.25) is 0 Å². The summed E-state index contributed by atoms with van der Waals surface area (Å²) in [5.41, 5.74) is 0.529. The molecule has 1 fully saturated rings. The van der Waals surface area contributed by atoms with Crippen LogP contribution in [0.4, 0.5) is 4.39 Å². The minimum Gasteiger partial charge on any atom is -0.336 e. The summed E-state index contributed by atoms with van der Waals surface area (Å²) in [5.74, 6) is -0.369. The first-order valence-corrected chi connectivity index (χ1v) is 6.87. The summed E-state index contributed by atoms with van der Waals surface area (Å²) in [7, 11) is 0. The van der Waals surface area contributed by atoms with Gasteiger partial charge in [-0.2, -0.15) is 0 Å². The molecule has 1 aromatic rings. The van der Waals surface area contributed by atoms with Gasteiger partial charge in [-0.3, -0.25) is 4.79 Å². The quantitative estimate of drug-likeness (QED) is 0.836. The number of halogens is 2. The van der Waals surface area contributed by atoms with E-state index in [2.05, 4.69) is 27.8 Å². The largest absolute Gasteiger partial charge is 0.336 e. The number of carbonyl (C=O) groups excluding carboxylic acids is 1. The molecule has 0 atom stereocenters. The van der Waals surface area contributed by atoms with Gasteiger partial charge in [0.15, 0.2) is 0 Å². The second kappa shape index (κ2) is 5.80. The molecule has 0 bridgehead atoms. The van der Waals surface area contributed by atoms with Crippen LogP contribution in [0, 0.1) is 5.82 Å². The molecule has 0 unspecified atom stereocenters. The Kier molecular flexibility index (Phi) is 4.35. The molecule has 1 saturated heterocycles. The number of hydrogen-bond acceptors (Lipinski definition) is 2. The Hall–Kier alpha value is -0.940. The van der Waals surface area contributed by atoms with Crippen LogP contribution in [0.5, 0.6) is 0 Å². The van der Waals surface area contributed by atoms with Crippen LogP contribution in [-0.4, -0.2) is 48.4 Å². The van der Waals surface area contributed by atoms with Gasteiger partial charge in [0.2, 0.25) is 0 Å². The maximum absolute atomic E-state index is 13.0. The van der Waals surface area contributed by atoms with Crippen molar-refractivity contribution in [3.8, 4) is 0 Å². The number of nitrogens with zero attached hydrogens (tertiary/aromatic N) is 2. The molecule has 1 heterocycles. The molecule has 1 aliphatic rings. The molecule has 0 aromatic heterocycles. The summed E-state index contributed by atoms with van der Waals surface area (Å²) in [6.45, 7) is 6.41. The molecule has 98 valence electrons. The Morgan fingerprint density at radius 1 is 1.33 bits per heavy atom. The lowest BCUT2D eigenvalue weighted by molar-refractivity contribution is 0.0642. The Morgan fingerprint density at radius 3 is 2.56 bits per heavy atom. The molecule has 0 spiro atoms. The van der Waals surface area contributed by atoms with E-state index < -0.39 is 0 Å². The van der Waals surface area contributed by atoms with Gasteiger partial charge in [-0.15, -0.1) is 0 Å². The van der Waals surface area contributed by atoms with Gasteiger partial charge in [-0.05, 0) is 40.7 Å². The molecule has 0 N–H and O–H groups in total. The molecular weight excluding hydrogens is 299 g/mol. The first-order chi connectivity index (χ1) is 8.61. The van der Waals surface area contributed by atoms with Gasteiger partial charge in [-0.1, -0.05) is 6.92 Å². The minimum absolute atomic E-state index is 0.0300. The van der Waals surface area contributed by atoms with Crippen LogP contribution < -0.4 is 0 Å². The molecule has 0 aliphatic carbocycles. The molecular formula is C13H16BrFN2O. The van der Waals surface area contributed by atoms with Crippen molar-refractivity contribution in [2.75, 3.05) is 32.7 Å². The van der Waals surface area contributed by atoms with Gasteiger partial charge in [0.05, 0.1) is 5.56 Å². The predicted octanol–water partition coefficient (Wildman–Crippen LogP) is 2.37. The standard InChI is InChI=1S/C13H16BrFN2O/c1-2-16-5-7-17(8-6-16)13(18)11-4-3-10(15)9-12(11)14/h3-4,9H,2,5-8H2,1H3. The van der Waals surface area contributed by atoms with Crippen molar-refractivity contribution >= 4 is 21.8 Å². The molecule has 18 heavy (non-hydrogen) atoms. The zero-order chi connectivity index (χ0) is 13.1. The second-order valence-corrected chi connectivity index (χ2v) is 5.20. The molecule has 1 amide bonds. The molecule has 0 radical (unpaired) electrons. The van der Waals surface area contributed by atoms with Crippen LogP contribution in [0.3, 0.4) is 0 Å². The van der Waals surface area contributed by atoms with Crippen molar-refractivity contribution in [2.45, 2.75) is 6.92 Å². The fraction of sp³-hybridized carbons (Fsp3) is 0.462. The number of rotatable bonds is 2. The van der Waals surface area contributed by atoms with Gasteiger partial charge < -0.3 is 9.80 Å². The highest BCUT2D eigenvalue weighted by molar-refractivity contribution is 9.10. The predicted molar refractivity (Wildman–Crippen MR) is 72.1 cm³/mol. The van der Waals surface area contributed by atoms with Gasteiger partial charge >= 0.3 is 0 Å². The van der Waals surface area contributed by atoms with E-state index in [0.29, 0.717) is 10.0 Å². The number of piperazine rings is 1. The van der Waals surface area contributed by atoms with Crippen molar-refractivity contribution in [1.29, 1.82) is 0 Å². The maximum atomic E-state index is 13.0. The van der Waals surface area contributed by atoms with E-state index in [-0.39, 0.29) is 11.7 Å². The van der Waals surface area contributed by atoms with E-state index in [4.69, 9.17) is 0 Å². The lowest BCUT2D eigenvalue weighted by Gasteiger charge is -2.34. The van der Waals surface area contributed by atoms with Crippen molar-refractivity contribution in [1.82, 2.24) is 9.80 Å². The highest BCUT2D eigenvalue weighted by Gasteiger charge is 2.22. The van der Waals surface area contributed by atoms with Crippen LogP contribution in [0.15, 0.2) is 22.7 Å². The van der Waals surface area contributed by atoms with Gasteiger partial charge in [0.1, 0.15) is 5.82 Å². The summed E-state index contributed by atoms with van der Waals surface area (Å²) >= 11 is 3.24. The van der Waals surface area contributed by atoms with Crippen molar-refractivity contribution in [2.24, 2.45) is 0 Å². The number of hydrogen-bond donors (Lipinski definition) is 0. The average molecular weight is 315 g/mol. The third-order valence-corrected chi connectivity index (χ3v) is 3.92. The third-order valence-electron chi connectivity index (χ3n) is 3.27. The number of benzene rings is 1. The van der Waals surface area contributed by atoms with Crippen LogP contribution in [-0.2, 0) is 0 Å². The lowest BCUT2D eigenvalue weighted by Crippen LogP contribution is -2.48. The minimum atomic E-state index is -0.339. The fourth-order valence-electron chi connectivity index (χ4n) is 2.10. The maximum Gasteiger partial charge on any atom is 0.255 e. The number of likely N-dealkylation sites (N-methyl/N-ethyl adjacent to an activating group) is 1. The Balaban J connectivity index is 2.08. The van der Waals surface area contributed by atoms with E-state index in [9.17, 15) is 9.18 Å². The van der Waals surface area contributed by atoms with Gasteiger partial charge in [-0.25, -0.2) is 4.39 Å². The highest BCUT2D eigenvalue weighted by atomic mass is 79.9. The van der Waals surface area contributed by atoms with E-state index >= 15 is 0 Å². The number of amides is 1. The smallest absolute Gasteiger partial charge is 0.255 e. The topological polar surface area (TPSA) is 23.6 Å². The van der Waals surface area contributed by atoms with Crippen molar-refractivity contribution < 1.29 is 9.18 Å². The molecule has 0 saturated carbocycles. The van der Waals surface area contributed by atoms with E-state index in [1.165, 1.54) is 18.2 Å². The summed E-state index contributed by atoms with van der Waals surface area (Å²) in [6.07, 6.45) is 0. The van der Waals surface area contributed by atoms with E-state index in [1.807, 2.05) is 4.90 Å². The van der Waals surface area contributed by atoms with Gasteiger partial charge in [0.25, 0.3) is 5.91 Å². The SMILES string of the molecule is CCN1CCN(C(=O)c2ccc(F)cc2Br)CC1. The Morgan fingerprint density at radius 2 is 2.00 bits per heavy atom. The third kappa shape index (κ3) is 2.90. The van der Waals surface area contributed by atoms with Gasteiger partial charge in [0, 0.05) is 30.7 Å². The molecule has 3 nitrogen and oxygen atoms in total. The zero-order valence-corrected chi connectivity index (χ0v) is 11.9. The molecule has 5 heteroatoms. The Labute approximate surface area is 115 Å². The van der Waals surface area contributed by atoms with Crippen LogP contribution in [0.25, 0.3) is 0 Å². The summed E-state index contributed by atoms with van der Waals surface area (Å²) in [5, 5.41) is 0. The van der Waals surface area contributed by atoms with Crippen LogP contribution >= 0.6 is 15.9 Å². The monoisotopic (exact) mass is 314 g/mol. The molecule has 2 rings (SSSR count). The number of carbonyl (C=O) groups is 1. The Bertz CT molecular complexity index is 445. The average Bonchev–Trinajstić information content (AvgIpc) is 2.38. The summed E-state index contributed by atoms with van der Waals surface area (Å²) < 4.78 is 13.5. The van der Waals surface area contributed by atoms with E-state index in [1.54, 1.807) is 0 Å². The highest BCUT2D eigenvalue weighted by Crippen LogP contribution is 2.20.